The molecule has 0 unspecified atom stereocenters. The van der Waals surface area contributed by atoms with Gasteiger partial charge < -0.3 is 21.1 Å². The van der Waals surface area contributed by atoms with Crippen LogP contribution in [0.25, 0.3) is 0 Å². The summed E-state index contributed by atoms with van der Waals surface area (Å²) in [5.41, 5.74) is 7.88. The van der Waals surface area contributed by atoms with Crippen LogP contribution in [0.5, 0.6) is 5.75 Å². The lowest BCUT2D eigenvalue weighted by Gasteiger charge is -2.20. The molecular weight excluding hydrogens is 373 g/mol. The van der Waals surface area contributed by atoms with Gasteiger partial charge in [-0.1, -0.05) is 24.3 Å². The minimum absolute atomic E-state index is 0.00632. The second kappa shape index (κ2) is 11.8. The van der Waals surface area contributed by atoms with E-state index in [1.165, 1.54) is 12.1 Å². The van der Waals surface area contributed by atoms with Crippen molar-refractivity contribution in [1.82, 2.24) is 10.2 Å². The highest BCUT2D eigenvalue weighted by Crippen LogP contribution is 2.11. The van der Waals surface area contributed by atoms with Crippen molar-refractivity contribution in [3.63, 3.8) is 0 Å². The number of rotatable bonds is 7. The Morgan fingerprint density at radius 2 is 1.69 bits per heavy atom. The third-order valence-corrected chi connectivity index (χ3v) is 4.68. The number of hydrogen-bond donors (Lipinski definition) is 3. The number of halogens is 1. The van der Waals surface area contributed by atoms with E-state index < -0.39 is 6.04 Å². The molecule has 0 aromatic heterocycles. The molecule has 3 rings (SSSR count). The van der Waals surface area contributed by atoms with E-state index in [-0.39, 0.29) is 17.5 Å². The number of likely N-dealkylation sites (tertiary alicyclic amines) is 1. The Morgan fingerprint density at radius 1 is 1.10 bits per heavy atom. The number of carbonyl (C=O) groups excluding carboxylic acids is 2. The number of nitrogens with zero attached hydrogens (tertiary/aromatic N) is 1. The average Bonchev–Trinajstić information content (AvgIpc) is 3.26. The number of benzene rings is 2. The highest BCUT2D eigenvalue weighted by Gasteiger charge is 2.23. The van der Waals surface area contributed by atoms with Gasteiger partial charge in [-0.05, 0) is 61.1 Å². The van der Waals surface area contributed by atoms with Crippen LogP contribution in [0.3, 0.4) is 0 Å². The Balaban J connectivity index is 0.000000221. The van der Waals surface area contributed by atoms with Gasteiger partial charge in [0.1, 0.15) is 11.6 Å². The van der Waals surface area contributed by atoms with Crippen molar-refractivity contribution in [3.05, 3.63) is 65.5 Å². The first-order valence-corrected chi connectivity index (χ1v) is 9.73. The van der Waals surface area contributed by atoms with Crippen LogP contribution in [0.1, 0.15) is 24.0 Å². The SMILES string of the molecule is N[C@@H](Cc1ccc(F)cc1)C(=O)N1CCCC1.O=CNCCc1ccc(O)cc1. The van der Waals surface area contributed by atoms with E-state index in [0.29, 0.717) is 19.4 Å². The van der Waals surface area contributed by atoms with Gasteiger partial charge in [0, 0.05) is 19.6 Å². The van der Waals surface area contributed by atoms with Gasteiger partial charge in [-0.15, -0.1) is 0 Å². The molecule has 1 atom stereocenters. The highest BCUT2D eigenvalue weighted by molar-refractivity contribution is 5.82. The lowest BCUT2D eigenvalue weighted by molar-refractivity contribution is -0.131. The molecule has 6 nitrogen and oxygen atoms in total. The maximum Gasteiger partial charge on any atom is 0.239 e. The van der Waals surface area contributed by atoms with E-state index in [9.17, 15) is 14.0 Å². The van der Waals surface area contributed by atoms with Crippen LogP contribution < -0.4 is 11.1 Å². The fourth-order valence-electron chi connectivity index (χ4n) is 3.07. The number of phenols is 1. The topological polar surface area (TPSA) is 95.7 Å². The number of amides is 2. The predicted molar refractivity (Wildman–Crippen MR) is 110 cm³/mol. The summed E-state index contributed by atoms with van der Waals surface area (Å²) < 4.78 is 12.7. The van der Waals surface area contributed by atoms with Gasteiger partial charge in [-0.2, -0.15) is 0 Å². The molecule has 156 valence electrons. The zero-order valence-electron chi connectivity index (χ0n) is 16.4. The minimum atomic E-state index is -0.515. The second-order valence-electron chi connectivity index (χ2n) is 6.96. The molecule has 1 aliphatic rings. The molecular formula is C22H28FN3O3. The summed E-state index contributed by atoms with van der Waals surface area (Å²) in [7, 11) is 0. The van der Waals surface area contributed by atoms with Gasteiger partial charge >= 0.3 is 0 Å². The Kier molecular flexibility index (Phi) is 9.11. The number of aromatic hydroxyl groups is 1. The van der Waals surface area contributed by atoms with E-state index in [1.54, 1.807) is 24.3 Å². The maximum absolute atomic E-state index is 12.7. The predicted octanol–water partition coefficient (Wildman–Crippen LogP) is 2.00. The van der Waals surface area contributed by atoms with Crippen molar-refractivity contribution >= 4 is 12.3 Å². The number of phenolic OH excluding ortho intramolecular Hbond substituents is 1. The standard InChI is InChI=1S/C13H17FN2O.C9H11NO2/c14-11-5-3-10(4-6-11)9-12(15)13(17)16-7-1-2-8-16;11-7-10-6-5-8-1-3-9(12)4-2-8/h3-6,12H,1-2,7-9,15H2;1-4,7,12H,5-6H2,(H,10,11)/t12-;/m0./s1. The quantitative estimate of drug-likeness (QED) is 0.488. The number of hydrogen-bond acceptors (Lipinski definition) is 4. The normalized spacial score (nSPS) is 13.9. The molecule has 4 N–H and O–H groups in total. The summed E-state index contributed by atoms with van der Waals surface area (Å²) in [5.74, 6) is 0.00196. The monoisotopic (exact) mass is 401 g/mol. The van der Waals surface area contributed by atoms with Crippen molar-refractivity contribution in [3.8, 4) is 5.75 Å². The minimum Gasteiger partial charge on any atom is -0.508 e. The first-order valence-electron chi connectivity index (χ1n) is 9.73. The van der Waals surface area contributed by atoms with Crippen LogP contribution in [0.15, 0.2) is 48.5 Å². The summed E-state index contributed by atoms with van der Waals surface area (Å²) in [6.07, 6.45) is 4.07. The van der Waals surface area contributed by atoms with E-state index in [4.69, 9.17) is 10.8 Å². The molecule has 0 bridgehead atoms. The number of nitrogens with one attached hydrogen (secondary N) is 1. The Labute approximate surface area is 170 Å². The summed E-state index contributed by atoms with van der Waals surface area (Å²) in [4.78, 5) is 23.7. The lowest BCUT2D eigenvalue weighted by atomic mass is 10.1. The molecule has 1 heterocycles. The average molecular weight is 401 g/mol. The molecule has 0 aliphatic carbocycles. The van der Waals surface area contributed by atoms with Crippen LogP contribution in [-0.4, -0.2) is 48.0 Å². The van der Waals surface area contributed by atoms with Crippen LogP contribution in [-0.2, 0) is 22.4 Å². The molecule has 2 amide bonds. The van der Waals surface area contributed by atoms with Gasteiger partial charge in [0.25, 0.3) is 0 Å². The molecule has 1 aliphatic heterocycles. The number of carbonyl (C=O) groups is 2. The Morgan fingerprint density at radius 3 is 2.28 bits per heavy atom. The third kappa shape index (κ3) is 7.91. The first-order chi connectivity index (χ1) is 14.0. The third-order valence-electron chi connectivity index (χ3n) is 4.68. The fourth-order valence-corrected chi connectivity index (χ4v) is 3.07. The molecule has 2 aromatic carbocycles. The van der Waals surface area contributed by atoms with Crippen LogP contribution in [0, 0.1) is 5.82 Å². The van der Waals surface area contributed by atoms with Gasteiger partial charge in [0.15, 0.2) is 0 Å². The lowest BCUT2D eigenvalue weighted by Crippen LogP contribution is -2.43. The van der Waals surface area contributed by atoms with E-state index in [2.05, 4.69) is 5.32 Å². The largest absolute Gasteiger partial charge is 0.508 e. The van der Waals surface area contributed by atoms with Gasteiger partial charge in [-0.25, -0.2) is 4.39 Å². The van der Waals surface area contributed by atoms with Crippen molar-refractivity contribution in [1.29, 1.82) is 0 Å². The van der Waals surface area contributed by atoms with E-state index in [0.717, 1.165) is 43.5 Å². The summed E-state index contributed by atoms with van der Waals surface area (Å²) in [6, 6.07) is 12.6. The Bertz CT molecular complexity index is 760. The first kappa shape index (κ1) is 22.4. The van der Waals surface area contributed by atoms with Crippen LogP contribution >= 0.6 is 0 Å². The smallest absolute Gasteiger partial charge is 0.239 e. The van der Waals surface area contributed by atoms with Crippen molar-refractivity contribution in [2.45, 2.75) is 31.7 Å². The van der Waals surface area contributed by atoms with Crippen LogP contribution in [0.4, 0.5) is 4.39 Å². The second-order valence-corrected chi connectivity index (χ2v) is 6.96. The molecule has 7 heteroatoms. The number of nitrogens with two attached hydrogens (primary N) is 1. The molecule has 29 heavy (non-hydrogen) atoms. The maximum atomic E-state index is 12.7. The summed E-state index contributed by atoms with van der Waals surface area (Å²) in [6.45, 7) is 2.26. The highest BCUT2D eigenvalue weighted by atomic mass is 19.1. The molecule has 2 aromatic rings. The summed E-state index contributed by atoms with van der Waals surface area (Å²) in [5, 5.41) is 11.5. The molecule has 0 radical (unpaired) electrons. The fraction of sp³-hybridized carbons (Fsp3) is 0.364. The molecule has 0 spiro atoms. The van der Waals surface area contributed by atoms with Crippen LogP contribution in [0.2, 0.25) is 0 Å². The molecule has 1 saturated heterocycles. The van der Waals surface area contributed by atoms with Crippen molar-refractivity contribution in [2.75, 3.05) is 19.6 Å². The zero-order chi connectivity index (χ0) is 21.1. The zero-order valence-corrected chi connectivity index (χ0v) is 16.4. The van der Waals surface area contributed by atoms with E-state index >= 15 is 0 Å². The van der Waals surface area contributed by atoms with Gasteiger partial charge in [0.05, 0.1) is 6.04 Å². The van der Waals surface area contributed by atoms with Gasteiger partial charge in [-0.3, -0.25) is 9.59 Å². The molecule has 1 fully saturated rings. The Hall–Kier alpha value is -2.93. The van der Waals surface area contributed by atoms with E-state index in [1.807, 2.05) is 17.0 Å². The van der Waals surface area contributed by atoms with Gasteiger partial charge in [0.2, 0.25) is 12.3 Å². The molecule has 0 saturated carbocycles. The van der Waals surface area contributed by atoms with Crippen molar-refractivity contribution < 1.29 is 19.1 Å². The van der Waals surface area contributed by atoms with Crippen molar-refractivity contribution in [2.24, 2.45) is 5.73 Å². The summed E-state index contributed by atoms with van der Waals surface area (Å²) >= 11 is 0.